The van der Waals surface area contributed by atoms with Gasteiger partial charge in [0, 0.05) is 28.0 Å². The minimum atomic E-state index is -0.209. The summed E-state index contributed by atoms with van der Waals surface area (Å²) >= 11 is 7.87. The molecule has 2 heterocycles. The summed E-state index contributed by atoms with van der Waals surface area (Å²) in [5.74, 6) is 0.511. The fourth-order valence-electron chi connectivity index (χ4n) is 4.23. The smallest absolute Gasteiger partial charge is 0.254 e. The Morgan fingerprint density at radius 3 is 2.65 bits per heavy atom. The van der Waals surface area contributed by atoms with Crippen LogP contribution in [0.3, 0.4) is 0 Å². The minimum absolute atomic E-state index is 0.0292. The van der Waals surface area contributed by atoms with Crippen LogP contribution in [0.1, 0.15) is 46.3 Å². The lowest BCUT2D eigenvalue weighted by atomic mass is 10.00. The maximum Gasteiger partial charge on any atom is 0.254 e. The number of carbonyl (C=O) groups is 2. The Morgan fingerprint density at radius 1 is 1.18 bits per heavy atom. The maximum absolute atomic E-state index is 13.6. The Balaban J connectivity index is 1.53. The standard InChI is InChI=1S/C27H29ClN2O3S/c1-18(2)30(27(32)20-7-5-4-6-8-20)16-26(31)29-13-11-25-22(12-14-34-25)24(29)17-33-21-9-10-23(28)19(3)15-21/h4-10,12,14-15,18,24H,11,13,16-17H2,1-3H3/t24-/m0/s1. The summed E-state index contributed by atoms with van der Waals surface area (Å²) in [7, 11) is 0. The van der Waals surface area contributed by atoms with Gasteiger partial charge in [-0.15, -0.1) is 11.3 Å². The zero-order chi connectivity index (χ0) is 24.2. The van der Waals surface area contributed by atoms with Crippen molar-refractivity contribution in [3.63, 3.8) is 0 Å². The van der Waals surface area contributed by atoms with Crippen molar-refractivity contribution < 1.29 is 14.3 Å². The van der Waals surface area contributed by atoms with Crippen molar-refractivity contribution in [3.05, 3.63) is 86.6 Å². The highest BCUT2D eigenvalue weighted by atomic mass is 35.5. The predicted octanol–water partition coefficient (Wildman–Crippen LogP) is 5.77. The molecule has 0 fully saturated rings. The highest BCUT2D eigenvalue weighted by molar-refractivity contribution is 7.10. The third-order valence-electron chi connectivity index (χ3n) is 6.16. The zero-order valence-corrected chi connectivity index (χ0v) is 21.2. The number of fused-ring (bicyclic) bond motifs is 1. The first kappa shape index (κ1) is 24.3. The molecule has 1 aromatic heterocycles. The van der Waals surface area contributed by atoms with Crippen LogP contribution in [0.15, 0.2) is 60.0 Å². The Labute approximate surface area is 209 Å². The fourth-order valence-corrected chi connectivity index (χ4v) is 5.27. The molecule has 0 radical (unpaired) electrons. The normalized spacial score (nSPS) is 15.2. The van der Waals surface area contributed by atoms with Gasteiger partial charge in [0.15, 0.2) is 0 Å². The van der Waals surface area contributed by atoms with Gasteiger partial charge in [-0.2, -0.15) is 0 Å². The molecule has 0 spiro atoms. The monoisotopic (exact) mass is 496 g/mol. The van der Waals surface area contributed by atoms with Crippen LogP contribution >= 0.6 is 22.9 Å². The summed E-state index contributed by atoms with van der Waals surface area (Å²) in [4.78, 5) is 31.5. The van der Waals surface area contributed by atoms with Gasteiger partial charge in [-0.05, 0) is 80.1 Å². The number of carbonyl (C=O) groups excluding carboxylic acids is 2. The number of benzene rings is 2. The van der Waals surface area contributed by atoms with Crippen LogP contribution in [0.25, 0.3) is 0 Å². The average molecular weight is 497 g/mol. The molecule has 1 aliphatic heterocycles. The van der Waals surface area contributed by atoms with Crippen molar-refractivity contribution in [1.82, 2.24) is 9.80 Å². The van der Waals surface area contributed by atoms with E-state index in [4.69, 9.17) is 16.3 Å². The first-order valence-corrected chi connectivity index (χ1v) is 12.7. The lowest BCUT2D eigenvalue weighted by Crippen LogP contribution is -2.49. The molecule has 2 aromatic carbocycles. The van der Waals surface area contributed by atoms with Gasteiger partial charge >= 0.3 is 0 Å². The van der Waals surface area contributed by atoms with Crippen molar-refractivity contribution in [3.8, 4) is 5.75 Å². The number of ether oxygens (including phenoxy) is 1. The molecular formula is C27H29ClN2O3S. The second kappa shape index (κ2) is 10.6. The molecule has 0 unspecified atom stereocenters. The van der Waals surface area contributed by atoms with Crippen LogP contribution < -0.4 is 4.74 Å². The Hall–Kier alpha value is -2.83. The Bertz CT molecular complexity index is 1160. The molecule has 5 nitrogen and oxygen atoms in total. The van der Waals surface area contributed by atoms with E-state index in [1.807, 2.05) is 62.1 Å². The number of hydrogen-bond donors (Lipinski definition) is 0. The van der Waals surface area contributed by atoms with Gasteiger partial charge in [0.2, 0.25) is 5.91 Å². The molecule has 3 aromatic rings. The highest BCUT2D eigenvalue weighted by Gasteiger charge is 2.34. The van der Waals surface area contributed by atoms with Crippen molar-refractivity contribution in [2.45, 2.75) is 39.3 Å². The van der Waals surface area contributed by atoms with Gasteiger partial charge in [0.1, 0.15) is 18.9 Å². The molecule has 0 aliphatic carbocycles. The largest absolute Gasteiger partial charge is 0.491 e. The quantitative estimate of drug-likeness (QED) is 0.417. The summed E-state index contributed by atoms with van der Waals surface area (Å²) < 4.78 is 6.13. The van der Waals surface area contributed by atoms with Crippen molar-refractivity contribution >= 4 is 34.8 Å². The summed E-state index contributed by atoms with van der Waals surface area (Å²) in [5.41, 5.74) is 2.65. The maximum atomic E-state index is 13.6. The summed E-state index contributed by atoms with van der Waals surface area (Å²) in [6.07, 6.45) is 0.809. The second-order valence-corrected chi connectivity index (χ2v) is 10.2. The van der Waals surface area contributed by atoms with E-state index in [0.29, 0.717) is 23.7 Å². The van der Waals surface area contributed by atoms with E-state index >= 15 is 0 Å². The fraction of sp³-hybridized carbons (Fsp3) is 0.333. The van der Waals surface area contributed by atoms with E-state index in [-0.39, 0.29) is 30.4 Å². The summed E-state index contributed by atoms with van der Waals surface area (Å²) in [6, 6.07) is 16.5. The molecule has 0 saturated carbocycles. The van der Waals surface area contributed by atoms with E-state index in [0.717, 1.165) is 23.3 Å². The number of aryl methyl sites for hydroxylation is 1. The van der Waals surface area contributed by atoms with Crippen molar-refractivity contribution in [2.24, 2.45) is 0 Å². The number of halogens is 1. The molecule has 34 heavy (non-hydrogen) atoms. The predicted molar refractivity (Wildman–Crippen MR) is 137 cm³/mol. The molecule has 2 amide bonds. The topological polar surface area (TPSA) is 49.9 Å². The Kier molecular flexibility index (Phi) is 7.59. The van der Waals surface area contributed by atoms with Crippen LogP contribution in [0.2, 0.25) is 5.02 Å². The van der Waals surface area contributed by atoms with Gasteiger partial charge in [-0.1, -0.05) is 29.8 Å². The number of amides is 2. The highest BCUT2D eigenvalue weighted by Crippen LogP contribution is 2.34. The molecular weight excluding hydrogens is 468 g/mol. The lowest BCUT2D eigenvalue weighted by Gasteiger charge is -2.37. The number of nitrogens with zero attached hydrogens (tertiary/aromatic N) is 2. The van der Waals surface area contributed by atoms with Gasteiger partial charge in [-0.3, -0.25) is 9.59 Å². The zero-order valence-electron chi connectivity index (χ0n) is 19.7. The SMILES string of the molecule is Cc1cc(OC[C@H]2c3ccsc3CCN2C(=O)CN(C(=O)c2ccccc2)C(C)C)ccc1Cl. The Morgan fingerprint density at radius 2 is 1.94 bits per heavy atom. The molecule has 1 aliphatic rings. The summed E-state index contributed by atoms with van der Waals surface area (Å²) in [6.45, 7) is 6.78. The van der Waals surface area contributed by atoms with E-state index < -0.39 is 0 Å². The van der Waals surface area contributed by atoms with Crippen LogP contribution in [0.5, 0.6) is 5.75 Å². The molecule has 1 atom stereocenters. The van der Waals surface area contributed by atoms with E-state index in [1.165, 1.54) is 4.88 Å². The third-order valence-corrected chi connectivity index (χ3v) is 7.58. The lowest BCUT2D eigenvalue weighted by molar-refractivity contribution is -0.136. The molecule has 0 bridgehead atoms. The molecule has 0 N–H and O–H groups in total. The molecule has 0 saturated heterocycles. The first-order valence-electron chi connectivity index (χ1n) is 11.5. The van der Waals surface area contributed by atoms with Gasteiger partial charge in [-0.25, -0.2) is 0 Å². The van der Waals surface area contributed by atoms with E-state index in [1.54, 1.807) is 28.4 Å². The first-order chi connectivity index (χ1) is 16.3. The summed E-state index contributed by atoms with van der Waals surface area (Å²) in [5, 5.41) is 2.76. The minimum Gasteiger partial charge on any atom is -0.491 e. The molecule has 178 valence electrons. The van der Waals surface area contributed by atoms with Crippen LogP contribution in [0.4, 0.5) is 0 Å². The van der Waals surface area contributed by atoms with Crippen molar-refractivity contribution in [1.29, 1.82) is 0 Å². The molecule has 4 rings (SSSR count). The van der Waals surface area contributed by atoms with Gasteiger partial charge in [0.05, 0.1) is 6.04 Å². The van der Waals surface area contributed by atoms with Gasteiger partial charge < -0.3 is 14.5 Å². The second-order valence-electron chi connectivity index (χ2n) is 8.77. The van der Waals surface area contributed by atoms with Crippen molar-refractivity contribution in [2.75, 3.05) is 19.7 Å². The van der Waals surface area contributed by atoms with E-state index in [2.05, 4.69) is 11.4 Å². The molecule has 7 heteroatoms. The number of rotatable bonds is 7. The third kappa shape index (κ3) is 5.29. The van der Waals surface area contributed by atoms with Crippen LogP contribution in [-0.2, 0) is 11.2 Å². The van der Waals surface area contributed by atoms with E-state index in [9.17, 15) is 9.59 Å². The number of thiophene rings is 1. The van der Waals surface area contributed by atoms with Gasteiger partial charge in [0.25, 0.3) is 5.91 Å². The average Bonchev–Trinajstić information content (AvgIpc) is 3.32. The van der Waals surface area contributed by atoms with Crippen LogP contribution in [0, 0.1) is 6.92 Å². The number of hydrogen-bond acceptors (Lipinski definition) is 4. The van der Waals surface area contributed by atoms with Crippen LogP contribution in [-0.4, -0.2) is 47.4 Å².